The molecular formula is C18H33NO7P2. The van der Waals surface area contributed by atoms with E-state index in [4.69, 9.17) is 22.9 Å². The number of rotatable bonds is 16. The van der Waals surface area contributed by atoms with Crippen LogP contribution in [0.5, 0.6) is 0 Å². The van der Waals surface area contributed by atoms with Crippen molar-refractivity contribution in [1.29, 1.82) is 0 Å². The Bertz CT molecular complexity index is 610. The fourth-order valence-corrected chi connectivity index (χ4v) is 5.65. The van der Waals surface area contributed by atoms with Gasteiger partial charge in [-0.3, -0.25) is 18.5 Å². The molecule has 0 aromatic heterocycles. The predicted octanol–water partition coefficient (Wildman–Crippen LogP) is 5.26. The molecular weight excluding hydrogens is 404 g/mol. The van der Waals surface area contributed by atoms with E-state index in [1.165, 1.54) is 4.83 Å². The molecule has 0 saturated carbocycles. The van der Waals surface area contributed by atoms with Crippen LogP contribution in [0.4, 0.5) is 0 Å². The first kappa shape index (κ1) is 25.5. The molecule has 10 heteroatoms. The Morgan fingerprint density at radius 2 is 1.36 bits per heavy atom. The van der Waals surface area contributed by atoms with Crippen LogP contribution in [-0.4, -0.2) is 44.0 Å². The van der Waals surface area contributed by atoms with Crippen LogP contribution >= 0.6 is 15.3 Å². The summed E-state index contributed by atoms with van der Waals surface area (Å²) in [5, 5.41) is 0. The molecule has 162 valence electrons. The molecule has 0 amide bonds. The molecule has 0 unspecified atom stereocenters. The predicted molar refractivity (Wildman–Crippen MR) is 109 cm³/mol. The fourth-order valence-electron chi connectivity index (χ4n) is 2.43. The molecule has 0 spiro atoms. The molecule has 0 saturated heterocycles. The van der Waals surface area contributed by atoms with Crippen LogP contribution in [0.2, 0.25) is 0 Å². The molecule has 0 aliphatic carbocycles. The van der Waals surface area contributed by atoms with E-state index < -0.39 is 15.3 Å². The first-order chi connectivity index (χ1) is 13.4. The van der Waals surface area contributed by atoms with Gasteiger partial charge in [0, 0.05) is 6.54 Å². The topological polar surface area (TPSA) is 83.5 Å². The van der Waals surface area contributed by atoms with Crippen LogP contribution in [-0.2, 0) is 38.7 Å². The Hall–Kier alpha value is -0.560. The Morgan fingerprint density at radius 1 is 0.821 bits per heavy atom. The maximum absolute atomic E-state index is 13.2. The van der Waals surface area contributed by atoms with Crippen molar-refractivity contribution >= 4 is 15.3 Å². The molecule has 1 aromatic rings. The highest BCUT2D eigenvalue weighted by atomic mass is 31.2. The van der Waals surface area contributed by atoms with Crippen LogP contribution in [0.1, 0.15) is 39.7 Å². The number of benzene rings is 1. The lowest BCUT2D eigenvalue weighted by Gasteiger charge is -2.29. The van der Waals surface area contributed by atoms with Gasteiger partial charge in [-0.2, -0.15) is 0 Å². The second-order valence-electron chi connectivity index (χ2n) is 5.66. The van der Waals surface area contributed by atoms with Gasteiger partial charge in [-0.05, 0) is 39.7 Å². The summed E-state index contributed by atoms with van der Waals surface area (Å²) in [6, 6.07) is 9.51. The van der Waals surface area contributed by atoms with E-state index in [1.807, 2.05) is 30.3 Å². The van der Waals surface area contributed by atoms with Gasteiger partial charge in [-0.15, -0.1) is 0 Å². The summed E-state index contributed by atoms with van der Waals surface area (Å²) in [6.45, 7) is 8.40. The lowest BCUT2D eigenvalue weighted by atomic mass is 10.2. The van der Waals surface area contributed by atoms with E-state index in [9.17, 15) is 9.13 Å². The lowest BCUT2D eigenvalue weighted by molar-refractivity contribution is -0.121. The van der Waals surface area contributed by atoms with Crippen molar-refractivity contribution in [3.63, 3.8) is 0 Å². The summed E-state index contributed by atoms with van der Waals surface area (Å²) in [5.74, 6) is 0. The summed E-state index contributed by atoms with van der Waals surface area (Å²) in [6.07, 6.45) is 0.550. The van der Waals surface area contributed by atoms with E-state index in [-0.39, 0.29) is 32.5 Å². The first-order valence-electron chi connectivity index (χ1n) is 9.65. The van der Waals surface area contributed by atoms with E-state index in [2.05, 4.69) is 0 Å². The standard InChI is InChI=1S/C18H33NO7P2/c1-5-23-27(20,24-6-2)16-12-15-19(28(21,25-7-3)26-8-4)22-17-18-13-10-9-11-14-18/h9-11,13-14H,5-8,12,15-17H2,1-4H3. The van der Waals surface area contributed by atoms with Crippen LogP contribution in [0.15, 0.2) is 30.3 Å². The van der Waals surface area contributed by atoms with E-state index >= 15 is 0 Å². The number of nitrogens with zero attached hydrogens (tertiary/aromatic N) is 1. The van der Waals surface area contributed by atoms with Crippen molar-refractivity contribution in [2.45, 2.75) is 40.7 Å². The molecule has 0 atom stereocenters. The lowest BCUT2D eigenvalue weighted by Crippen LogP contribution is -2.25. The van der Waals surface area contributed by atoms with Crippen LogP contribution in [0, 0.1) is 0 Å². The third-order valence-corrected chi connectivity index (χ3v) is 7.71. The molecule has 0 heterocycles. The number of hydrogen-bond donors (Lipinski definition) is 0. The van der Waals surface area contributed by atoms with Gasteiger partial charge in [0.15, 0.2) is 0 Å². The number of hydrogen-bond acceptors (Lipinski definition) is 7. The van der Waals surface area contributed by atoms with Crippen molar-refractivity contribution < 1.29 is 32.1 Å². The SMILES string of the molecule is CCOP(=O)(CCCN(OCc1ccccc1)P(=O)(OCC)OCC)OCC. The smallest absolute Gasteiger partial charge is 0.309 e. The Morgan fingerprint density at radius 3 is 1.86 bits per heavy atom. The quantitative estimate of drug-likeness (QED) is 0.256. The van der Waals surface area contributed by atoms with Crippen LogP contribution in [0.3, 0.4) is 0 Å². The summed E-state index contributed by atoms with van der Waals surface area (Å²) in [7, 11) is -6.83. The van der Waals surface area contributed by atoms with Gasteiger partial charge in [-0.25, -0.2) is 4.57 Å². The zero-order valence-corrected chi connectivity index (χ0v) is 19.0. The minimum Gasteiger partial charge on any atom is -0.309 e. The summed E-state index contributed by atoms with van der Waals surface area (Å²) >= 11 is 0. The molecule has 28 heavy (non-hydrogen) atoms. The van der Waals surface area contributed by atoms with Gasteiger partial charge in [0.1, 0.15) is 0 Å². The van der Waals surface area contributed by atoms with Gasteiger partial charge in [0.05, 0.1) is 39.2 Å². The third kappa shape index (κ3) is 8.85. The minimum absolute atomic E-state index is 0.179. The molecule has 0 fully saturated rings. The summed E-state index contributed by atoms with van der Waals surface area (Å²) in [4.78, 5) is 7.01. The largest absolute Gasteiger partial charge is 0.431 e. The second-order valence-corrected chi connectivity index (χ2v) is 9.75. The molecule has 0 aliphatic rings. The monoisotopic (exact) mass is 437 g/mol. The van der Waals surface area contributed by atoms with Crippen molar-refractivity contribution in [2.75, 3.05) is 39.1 Å². The second kappa shape index (κ2) is 13.6. The van der Waals surface area contributed by atoms with Gasteiger partial charge in [0.2, 0.25) is 0 Å². The van der Waals surface area contributed by atoms with Gasteiger partial charge >= 0.3 is 15.3 Å². The molecule has 1 rings (SSSR count). The Labute approximate surface area is 168 Å². The highest BCUT2D eigenvalue weighted by Crippen LogP contribution is 2.53. The highest BCUT2D eigenvalue weighted by Gasteiger charge is 2.35. The molecule has 8 nitrogen and oxygen atoms in total. The molecule has 0 aliphatic heterocycles. The van der Waals surface area contributed by atoms with Gasteiger partial charge < -0.3 is 9.05 Å². The maximum atomic E-state index is 13.2. The van der Waals surface area contributed by atoms with Crippen molar-refractivity contribution in [1.82, 2.24) is 4.83 Å². The van der Waals surface area contributed by atoms with E-state index in [0.717, 1.165) is 5.56 Å². The Kier molecular flexibility index (Phi) is 12.4. The molecule has 0 radical (unpaired) electrons. The Balaban J connectivity index is 2.84. The summed E-state index contributed by atoms with van der Waals surface area (Å²) in [5.41, 5.74) is 0.918. The van der Waals surface area contributed by atoms with Crippen LogP contribution in [0.25, 0.3) is 0 Å². The molecule has 1 aromatic carbocycles. The molecule has 0 N–H and O–H groups in total. The average molecular weight is 437 g/mol. The van der Waals surface area contributed by atoms with E-state index in [0.29, 0.717) is 19.6 Å². The van der Waals surface area contributed by atoms with Gasteiger partial charge in [-0.1, -0.05) is 35.2 Å². The zero-order valence-electron chi connectivity index (χ0n) is 17.2. The average Bonchev–Trinajstić information content (AvgIpc) is 2.66. The van der Waals surface area contributed by atoms with Crippen molar-refractivity contribution in [2.24, 2.45) is 0 Å². The highest BCUT2D eigenvalue weighted by molar-refractivity contribution is 7.53. The third-order valence-electron chi connectivity index (χ3n) is 3.51. The first-order valence-corrected chi connectivity index (χ1v) is 12.9. The minimum atomic E-state index is -3.64. The number of hydroxylamine groups is 1. The van der Waals surface area contributed by atoms with E-state index in [1.54, 1.807) is 27.7 Å². The van der Waals surface area contributed by atoms with Crippen molar-refractivity contribution in [3.05, 3.63) is 35.9 Å². The molecule has 0 bridgehead atoms. The maximum Gasteiger partial charge on any atom is 0.431 e. The normalized spacial score (nSPS) is 12.6. The van der Waals surface area contributed by atoms with Gasteiger partial charge in [0.25, 0.3) is 0 Å². The van der Waals surface area contributed by atoms with Crippen LogP contribution < -0.4 is 0 Å². The fraction of sp³-hybridized carbons (Fsp3) is 0.667. The van der Waals surface area contributed by atoms with Crippen molar-refractivity contribution in [3.8, 4) is 0 Å². The zero-order chi connectivity index (χ0) is 20.9. The summed E-state index contributed by atoms with van der Waals surface area (Å²) < 4.78 is 47.2.